The molecule has 0 fully saturated rings. The summed E-state index contributed by atoms with van der Waals surface area (Å²) in [5.74, 6) is 0. The molecule has 0 atom stereocenters. The van der Waals surface area contributed by atoms with Gasteiger partial charge >= 0.3 is 0 Å². The fourth-order valence-corrected chi connectivity index (χ4v) is 8.05. The highest BCUT2D eigenvalue weighted by molar-refractivity contribution is 6.30. The first-order chi connectivity index (χ1) is 22.8. The molecule has 0 heterocycles. The zero-order valence-electron chi connectivity index (χ0n) is 25.2. The maximum Gasteiger partial charge on any atom is -0.00201 e. The van der Waals surface area contributed by atoms with Crippen LogP contribution in [0.1, 0.15) is 0 Å². The van der Waals surface area contributed by atoms with Gasteiger partial charge in [-0.3, -0.25) is 0 Å². The molecular weight excluding hydrogens is 553 g/mol. The van der Waals surface area contributed by atoms with Crippen LogP contribution < -0.4 is 0 Å². The van der Waals surface area contributed by atoms with Crippen LogP contribution in [-0.4, -0.2) is 0 Å². The van der Waals surface area contributed by atoms with Crippen molar-refractivity contribution in [2.24, 2.45) is 0 Å². The molecule has 212 valence electrons. The summed E-state index contributed by atoms with van der Waals surface area (Å²) in [5, 5.41) is 15.6. The lowest BCUT2D eigenvalue weighted by Gasteiger charge is -2.21. The van der Waals surface area contributed by atoms with Crippen LogP contribution in [0.4, 0.5) is 0 Å². The average Bonchev–Trinajstić information content (AvgIpc) is 3.13. The van der Waals surface area contributed by atoms with Gasteiger partial charge < -0.3 is 0 Å². The molecule has 0 bridgehead atoms. The second-order valence-corrected chi connectivity index (χ2v) is 12.4. The minimum Gasteiger partial charge on any atom is -0.0622 e. The lowest BCUT2D eigenvalue weighted by molar-refractivity contribution is 1.64. The van der Waals surface area contributed by atoms with Gasteiger partial charge in [0.15, 0.2) is 0 Å². The normalized spacial score (nSPS) is 11.9. The van der Waals surface area contributed by atoms with Crippen LogP contribution >= 0.6 is 0 Å². The van der Waals surface area contributed by atoms with E-state index in [2.05, 4.69) is 170 Å². The van der Waals surface area contributed by atoms with Crippen molar-refractivity contribution < 1.29 is 0 Å². The molecular formula is C46H28. The maximum absolute atomic E-state index is 2.35. The summed E-state index contributed by atoms with van der Waals surface area (Å²) in [6, 6.07) is 62.8. The molecule has 0 N–H and O–H groups in total. The summed E-state index contributed by atoms with van der Waals surface area (Å²) in [7, 11) is 0. The van der Waals surface area contributed by atoms with E-state index in [0.717, 1.165) is 0 Å². The molecule has 0 spiro atoms. The molecule has 0 radical (unpaired) electrons. The predicted octanol–water partition coefficient (Wildman–Crippen LogP) is 13.0. The van der Waals surface area contributed by atoms with E-state index in [1.54, 1.807) is 0 Å². The van der Waals surface area contributed by atoms with Crippen molar-refractivity contribution in [3.05, 3.63) is 170 Å². The number of rotatable bonds is 3. The van der Waals surface area contributed by atoms with Crippen LogP contribution in [-0.2, 0) is 0 Å². The Hall–Kier alpha value is -5.98. The van der Waals surface area contributed by atoms with E-state index in [1.807, 2.05) is 0 Å². The first kappa shape index (κ1) is 25.4. The smallest absolute Gasteiger partial charge is 0.00201 e. The molecule has 0 aliphatic carbocycles. The van der Waals surface area contributed by atoms with Gasteiger partial charge in [0.25, 0.3) is 0 Å². The van der Waals surface area contributed by atoms with E-state index in [9.17, 15) is 0 Å². The van der Waals surface area contributed by atoms with E-state index in [0.29, 0.717) is 0 Å². The molecule has 0 nitrogen and oxygen atoms in total. The van der Waals surface area contributed by atoms with Crippen molar-refractivity contribution in [1.29, 1.82) is 0 Å². The van der Waals surface area contributed by atoms with Crippen molar-refractivity contribution in [1.82, 2.24) is 0 Å². The Kier molecular flexibility index (Phi) is 5.38. The van der Waals surface area contributed by atoms with Crippen LogP contribution in [0.25, 0.3) is 98.0 Å². The van der Waals surface area contributed by atoms with Crippen molar-refractivity contribution in [3.63, 3.8) is 0 Å². The van der Waals surface area contributed by atoms with E-state index >= 15 is 0 Å². The quantitative estimate of drug-likeness (QED) is 0.144. The zero-order valence-corrected chi connectivity index (χ0v) is 25.2. The minimum atomic E-state index is 1.24. The molecule has 0 unspecified atom stereocenters. The van der Waals surface area contributed by atoms with Gasteiger partial charge in [0.05, 0.1) is 0 Å². The minimum absolute atomic E-state index is 1.24. The van der Waals surface area contributed by atoms with Gasteiger partial charge in [-0.2, -0.15) is 0 Å². The van der Waals surface area contributed by atoms with E-state index in [-0.39, 0.29) is 0 Å². The summed E-state index contributed by atoms with van der Waals surface area (Å²) in [6.07, 6.45) is 0. The van der Waals surface area contributed by atoms with Gasteiger partial charge in [-0.1, -0.05) is 170 Å². The van der Waals surface area contributed by atoms with Gasteiger partial charge in [-0.15, -0.1) is 0 Å². The van der Waals surface area contributed by atoms with Crippen LogP contribution in [0.5, 0.6) is 0 Å². The summed E-state index contributed by atoms with van der Waals surface area (Å²) < 4.78 is 0. The molecule has 10 rings (SSSR count). The Morgan fingerprint density at radius 3 is 1.24 bits per heavy atom. The number of hydrogen-bond acceptors (Lipinski definition) is 0. The van der Waals surface area contributed by atoms with Crippen LogP contribution in [0.3, 0.4) is 0 Å². The number of fused-ring (bicyclic) bond motifs is 3. The fraction of sp³-hybridized carbons (Fsp3) is 0. The molecule has 0 amide bonds. The van der Waals surface area contributed by atoms with Crippen LogP contribution in [0, 0.1) is 0 Å². The third-order valence-corrected chi connectivity index (χ3v) is 10.0. The molecule has 10 aromatic carbocycles. The number of hydrogen-bond donors (Lipinski definition) is 0. The molecule has 0 saturated carbocycles. The summed E-state index contributed by atoms with van der Waals surface area (Å²) in [5.41, 5.74) is 7.66. The Bertz CT molecular complexity index is 2710. The Labute approximate surface area is 267 Å². The summed E-state index contributed by atoms with van der Waals surface area (Å²) in [4.78, 5) is 0. The molecule has 10 aromatic rings. The number of benzene rings is 10. The standard InChI is InChI=1S/C46H28/c1-2-11-29(12-3-1)33-27-28-40(35-16-5-4-15-34(33)35)45-36-17-6-8-19-38(36)46(39-20-9-7-18-37(39)45)42-26-24-32-22-21-30-13-10-14-31-23-25-41(42)44(32)43(30)31/h1-28H. The lowest BCUT2D eigenvalue weighted by atomic mass is 9.82. The van der Waals surface area contributed by atoms with Gasteiger partial charge in [0.2, 0.25) is 0 Å². The second-order valence-electron chi connectivity index (χ2n) is 12.4. The zero-order chi connectivity index (χ0) is 30.2. The SMILES string of the molecule is c1ccc(-c2ccc(-c3c4ccccc4c(-c4ccc5ccc6cccc7ccc4c5c67)c4ccccc34)c3ccccc23)cc1. The second kappa shape index (κ2) is 9.76. The highest BCUT2D eigenvalue weighted by Gasteiger charge is 2.21. The van der Waals surface area contributed by atoms with Gasteiger partial charge in [-0.05, 0) is 98.0 Å². The highest BCUT2D eigenvalue weighted by Crippen LogP contribution is 2.48. The van der Waals surface area contributed by atoms with Crippen molar-refractivity contribution in [3.8, 4) is 33.4 Å². The lowest BCUT2D eigenvalue weighted by Crippen LogP contribution is -1.93. The van der Waals surface area contributed by atoms with Crippen molar-refractivity contribution in [2.75, 3.05) is 0 Å². The maximum atomic E-state index is 2.35. The van der Waals surface area contributed by atoms with E-state index in [1.165, 1.54) is 98.0 Å². The average molecular weight is 581 g/mol. The topological polar surface area (TPSA) is 0 Å². The molecule has 0 aliphatic heterocycles. The van der Waals surface area contributed by atoms with Crippen molar-refractivity contribution >= 4 is 64.6 Å². The first-order valence-corrected chi connectivity index (χ1v) is 16.0. The monoisotopic (exact) mass is 580 g/mol. The Morgan fingerprint density at radius 2 is 0.630 bits per heavy atom. The van der Waals surface area contributed by atoms with Crippen LogP contribution in [0.2, 0.25) is 0 Å². The highest BCUT2D eigenvalue weighted by atomic mass is 14.2. The van der Waals surface area contributed by atoms with Gasteiger partial charge in [-0.25, -0.2) is 0 Å². The van der Waals surface area contributed by atoms with Gasteiger partial charge in [0, 0.05) is 0 Å². The third kappa shape index (κ3) is 3.56. The van der Waals surface area contributed by atoms with E-state index < -0.39 is 0 Å². The summed E-state index contributed by atoms with van der Waals surface area (Å²) >= 11 is 0. The molecule has 0 heteroatoms. The largest absolute Gasteiger partial charge is 0.0622 e. The predicted molar refractivity (Wildman–Crippen MR) is 199 cm³/mol. The van der Waals surface area contributed by atoms with Crippen LogP contribution in [0.15, 0.2) is 170 Å². The Morgan fingerprint density at radius 1 is 0.217 bits per heavy atom. The molecule has 0 aromatic heterocycles. The van der Waals surface area contributed by atoms with Crippen molar-refractivity contribution in [2.45, 2.75) is 0 Å². The molecule has 0 aliphatic rings. The van der Waals surface area contributed by atoms with E-state index in [4.69, 9.17) is 0 Å². The third-order valence-electron chi connectivity index (χ3n) is 10.0. The fourth-order valence-electron chi connectivity index (χ4n) is 8.05. The molecule has 0 saturated heterocycles. The first-order valence-electron chi connectivity index (χ1n) is 16.0. The summed E-state index contributed by atoms with van der Waals surface area (Å²) in [6.45, 7) is 0. The Balaban J connectivity index is 1.33. The van der Waals surface area contributed by atoms with Gasteiger partial charge in [0.1, 0.15) is 0 Å². The molecule has 46 heavy (non-hydrogen) atoms.